The maximum absolute atomic E-state index is 16.7. The Hall–Kier alpha value is -2.30. The molecule has 3 unspecified atom stereocenters. The Bertz CT molecular complexity index is 1980. The van der Waals surface area contributed by atoms with E-state index in [1.54, 1.807) is 0 Å². The molecule has 0 spiro atoms. The molecule has 0 aromatic carbocycles. The Morgan fingerprint density at radius 3 is 0.607 bits per heavy atom. The molecule has 35 heteroatoms. The van der Waals surface area contributed by atoms with Gasteiger partial charge in [-0.15, -0.1) is 0 Å². The first-order chi connectivity index (χ1) is 57.2. The Balaban J connectivity index is 9.25. The molecule has 0 aliphatic heterocycles. The van der Waals surface area contributed by atoms with Gasteiger partial charge in [-0.05, 0) is 351 Å². The highest BCUT2D eigenvalue weighted by atomic mass is 16.6. The lowest BCUT2D eigenvalue weighted by atomic mass is 10.1. The van der Waals surface area contributed by atoms with Crippen LogP contribution >= 0.6 is 0 Å². The van der Waals surface area contributed by atoms with Gasteiger partial charge in [0.05, 0.1) is 46.2 Å². The molecular formula is C82H187N25O10. The molecule has 0 aliphatic carbocycles. The fourth-order valence-corrected chi connectivity index (χ4v) is 13.9. The quantitative estimate of drug-likeness (QED) is 0.0224. The lowest BCUT2D eigenvalue weighted by Gasteiger charge is -2.38. The zero-order chi connectivity index (χ0) is 86.0. The number of nitrogens with zero attached hydrogens (tertiary/aromatic N) is 8. The van der Waals surface area contributed by atoms with Crippen LogP contribution in [0.2, 0.25) is 0 Å². The van der Waals surface area contributed by atoms with E-state index in [0.717, 1.165) is 240 Å². The van der Waals surface area contributed by atoms with Crippen molar-refractivity contribution < 1.29 is 47.5 Å². The molecule has 0 fully saturated rings. The monoisotopic (exact) mass is 1680 g/mol. The van der Waals surface area contributed by atoms with Gasteiger partial charge in [0.25, 0.3) is 11.8 Å². The van der Waals surface area contributed by atoms with E-state index < -0.39 is 35.5 Å². The first-order valence-corrected chi connectivity index (χ1v) is 46.0. The lowest BCUT2D eigenvalue weighted by Crippen LogP contribution is -2.65. The van der Waals surface area contributed by atoms with E-state index in [-0.39, 0.29) is 59.5 Å². The van der Waals surface area contributed by atoms with Crippen LogP contribution < -0.4 is 96.6 Å². The number of hydrogen-bond donors (Lipinski definition) is 17. The molecule has 3 atom stereocenters. The maximum atomic E-state index is 16.7. The molecular weight excluding hydrogens is 1500 g/mol. The summed E-state index contributed by atoms with van der Waals surface area (Å²) in [4.78, 5) is 52.2. The van der Waals surface area contributed by atoms with Crippen molar-refractivity contribution >= 4 is 11.8 Å². The third-order valence-corrected chi connectivity index (χ3v) is 20.5. The Kier molecular flexibility index (Phi) is 82.9. The molecule has 0 bridgehead atoms. The van der Waals surface area contributed by atoms with Crippen molar-refractivity contribution in [1.82, 2.24) is 49.8 Å². The minimum Gasteiger partial charge on any atom is -0.376 e. The molecule has 0 heterocycles. The average Bonchev–Trinajstić information content (AvgIpc) is 0.814. The number of rotatable bonds is 96. The molecule has 0 aliphatic rings. The van der Waals surface area contributed by atoms with Gasteiger partial charge in [0, 0.05) is 85.4 Å². The van der Waals surface area contributed by atoms with Gasteiger partial charge >= 0.3 is 0 Å². The Morgan fingerprint density at radius 1 is 0.231 bits per heavy atom. The second-order valence-electron chi connectivity index (χ2n) is 31.2. The molecule has 2 amide bonds. The average molecular weight is 1680 g/mol. The highest BCUT2D eigenvalue weighted by Gasteiger charge is 2.45. The van der Waals surface area contributed by atoms with Crippen molar-refractivity contribution in [3.63, 3.8) is 0 Å². The summed E-state index contributed by atoms with van der Waals surface area (Å²) in [7, 11) is 0. The maximum Gasteiger partial charge on any atom is 0.254 e. The van der Waals surface area contributed by atoms with E-state index in [1.165, 1.54) is 0 Å². The van der Waals surface area contributed by atoms with Crippen LogP contribution in [0.4, 0.5) is 0 Å². The first kappa shape index (κ1) is 115. The van der Waals surface area contributed by atoms with Crippen molar-refractivity contribution in [2.75, 3.05) is 335 Å². The van der Waals surface area contributed by atoms with Gasteiger partial charge in [-0.2, -0.15) is 0 Å². The topological polar surface area (TPSA) is 548 Å². The summed E-state index contributed by atoms with van der Waals surface area (Å²) in [5, 5.41) is 6.77. The van der Waals surface area contributed by atoms with E-state index in [0.29, 0.717) is 189 Å². The predicted octanol–water partition coefficient (Wildman–Crippen LogP) is -2.34. The second kappa shape index (κ2) is 84.5. The number of nitrogens with two attached hydrogens (primary N) is 15. The van der Waals surface area contributed by atoms with E-state index in [2.05, 4.69) is 56.8 Å². The summed E-state index contributed by atoms with van der Waals surface area (Å²) < 4.78 is 55.7. The first-order valence-electron chi connectivity index (χ1n) is 46.0. The minimum absolute atomic E-state index is 0.0434. The van der Waals surface area contributed by atoms with Gasteiger partial charge in [-0.25, -0.2) is 0 Å². The van der Waals surface area contributed by atoms with Crippen LogP contribution in [0.15, 0.2) is 0 Å². The van der Waals surface area contributed by atoms with Crippen LogP contribution in [-0.2, 0) is 47.5 Å². The summed E-state index contributed by atoms with van der Waals surface area (Å²) >= 11 is 0. The van der Waals surface area contributed by atoms with E-state index in [1.807, 2.05) is 0 Å². The molecule has 0 radical (unpaired) electrons. The van der Waals surface area contributed by atoms with Crippen LogP contribution in [-0.4, -0.2) is 409 Å². The SMILES string of the molecule is CCCCN(CCCN)CCCOC(COCCCN(CCCN)CCCN)(COCCN(CCCN)CCCN)NC(=O)C(OCCCN(CCCN)CCCN)C(OCCCN(CCCN)CCCN)C(=O)NC(COCCCN(CCCN)CCCN)(COCCCN(CCCN)CCCN)OCCCN(CCCN)CCCN. The standard InChI is InChI=1S/C82H187N25O10/c1-2-3-41-100(42-4-26-83)62-24-70-117-82(76-113-72-64-107(55-17-39-96)56-18-40-97,75-112-67-21-59-103(47-9-31-88)48-10-32-89)99-80(109)78(115-69-23-61-105(51-13-35-92)52-14-36-93)77(114-68-22-60-104(49-11-33-90)50-12-34-91)79(108)98-81(116-71-25-63-106(53-15-37-94)54-16-38-95,73-110-65-19-57-101(43-5-27-84)44-6-28-85)74-111-66-20-58-102(45-7-29-86)46-8-30-87/h77-78H,2-76,83-97H2,1H3,(H,98,108)(H,99,109). The van der Waals surface area contributed by atoms with E-state index in [4.69, 9.17) is 124 Å². The lowest BCUT2D eigenvalue weighted by molar-refractivity contribution is -0.186. The van der Waals surface area contributed by atoms with E-state index >= 15 is 9.59 Å². The minimum atomic E-state index is -1.65. The Morgan fingerprint density at radius 2 is 0.402 bits per heavy atom. The van der Waals surface area contributed by atoms with Crippen LogP contribution in [0.3, 0.4) is 0 Å². The van der Waals surface area contributed by atoms with Crippen LogP contribution in [0.25, 0.3) is 0 Å². The van der Waals surface area contributed by atoms with Crippen molar-refractivity contribution in [2.45, 2.75) is 185 Å². The van der Waals surface area contributed by atoms with Crippen LogP contribution in [0.5, 0.6) is 0 Å². The van der Waals surface area contributed by atoms with Crippen LogP contribution in [0.1, 0.15) is 161 Å². The summed E-state index contributed by atoms with van der Waals surface area (Å²) in [6.07, 6.45) is 15.2. The fraction of sp³-hybridized carbons (Fsp3) is 0.976. The fourth-order valence-electron chi connectivity index (χ4n) is 13.9. The number of hydrogen-bond acceptors (Lipinski definition) is 33. The molecule has 32 N–H and O–H groups in total. The van der Waals surface area contributed by atoms with Crippen molar-refractivity contribution in [2.24, 2.45) is 86.0 Å². The number of nitrogens with one attached hydrogen (secondary N) is 2. The number of unbranched alkanes of at least 4 members (excludes halogenated alkanes) is 1. The third-order valence-electron chi connectivity index (χ3n) is 20.5. The number of carbonyl (C=O) groups is 2. The van der Waals surface area contributed by atoms with Crippen molar-refractivity contribution in [1.29, 1.82) is 0 Å². The number of ether oxygens (including phenoxy) is 8. The smallest absolute Gasteiger partial charge is 0.254 e. The van der Waals surface area contributed by atoms with Gasteiger partial charge in [-0.1, -0.05) is 13.3 Å². The zero-order valence-electron chi connectivity index (χ0n) is 74.5. The zero-order valence-corrected chi connectivity index (χ0v) is 74.5. The number of amides is 2. The van der Waals surface area contributed by atoms with Gasteiger partial charge < -0.3 is 174 Å². The highest BCUT2D eigenvalue weighted by Crippen LogP contribution is 2.20. The van der Waals surface area contributed by atoms with Crippen molar-refractivity contribution in [3.05, 3.63) is 0 Å². The third kappa shape index (κ3) is 64.2. The molecule has 117 heavy (non-hydrogen) atoms. The normalized spacial score (nSPS) is 13.4. The Labute approximate surface area is 711 Å². The van der Waals surface area contributed by atoms with Gasteiger partial charge in [0.1, 0.15) is 0 Å². The summed E-state index contributed by atoms with van der Waals surface area (Å²) in [5.74, 6) is -1.35. The highest BCUT2D eigenvalue weighted by molar-refractivity contribution is 5.91. The predicted molar refractivity (Wildman–Crippen MR) is 480 cm³/mol. The summed E-state index contributed by atoms with van der Waals surface area (Å²) in [6, 6.07) is 0. The molecule has 0 saturated carbocycles. The van der Waals surface area contributed by atoms with Crippen molar-refractivity contribution in [3.8, 4) is 0 Å². The largest absolute Gasteiger partial charge is 0.376 e. The van der Waals surface area contributed by atoms with Gasteiger partial charge in [0.2, 0.25) is 0 Å². The number of carbonyl (C=O) groups excluding carboxylic acids is 2. The molecule has 0 rings (SSSR count). The van der Waals surface area contributed by atoms with E-state index in [9.17, 15) is 0 Å². The molecule has 0 saturated heterocycles. The second-order valence-corrected chi connectivity index (χ2v) is 31.2. The van der Waals surface area contributed by atoms with Crippen LogP contribution in [0, 0.1) is 0 Å². The summed E-state index contributed by atoms with van der Waals surface area (Å²) in [6.45, 7) is 29.7. The summed E-state index contributed by atoms with van der Waals surface area (Å²) in [5.41, 5.74) is 87.7. The van der Waals surface area contributed by atoms with Gasteiger partial charge in [0.15, 0.2) is 23.7 Å². The molecule has 35 nitrogen and oxygen atoms in total. The van der Waals surface area contributed by atoms with Gasteiger partial charge in [-0.3, -0.25) is 9.59 Å². The molecule has 0 aromatic rings. The molecule has 0 aromatic heterocycles. The molecule has 700 valence electrons.